The highest BCUT2D eigenvalue weighted by Crippen LogP contribution is 2.41. The van der Waals surface area contributed by atoms with Gasteiger partial charge in [0.2, 0.25) is 23.6 Å². The Morgan fingerprint density at radius 2 is 0.935 bits per heavy atom. The van der Waals surface area contributed by atoms with Gasteiger partial charge in [-0.2, -0.15) is 0 Å². The fourth-order valence-electron chi connectivity index (χ4n) is 6.19. The number of nitrogens with one attached hydrogen (secondary N) is 2. The molecule has 2 aromatic heterocycles. The first-order valence-electron chi connectivity index (χ1n) is 16.3. The fraction of sp³-hybridized carbons (Fsp3) is 0.333. The van der Waals surface area contributed by atoms with Gasteiger partial charge in [0.25, 0.3) is 0 Å². The Kier molecular flexibility index (Phi) is 6.03. The van der Waals surface area contributed by atoms with Crippen molar-refractivity contribution in [2.24, 2.45) is 23.7 Å². The molecular weight excluding hydrogens is 580 g/mol. The van der Waals surface area contributed by atoms with Crippen LogP contribution in [-0.4, -0.2) is 42.7 Å². The molecular formula is C36H32N6O4. The molecule has 0 radical (unpaired) electrons. The van der Waals surface area contributed by atoms with Crippen molar-refractivity contribution < 1.29 is 19.2 Å². The van der Waals surface area contributed by atoms with Crippen molar-refractivity contribution in [1.29, 1.82) is 0 Å². The third-order valence-electron chi connectivity index (χ3n) is 9.44. The Balaban J connectivity index is 1.20. The van der Waals surface area contributed by atoms with E-state index in [0.717, 1.165) is 51.4 Å². The van der Waals surface area contributed by atoms with E-state index >= 15 is 0 Å². The SMILES string of the molecule is O=C(Nc1ccc2nc(-c3ccccc3-c3nc4ccc(NC(=O)C5CC5)cc4n3C(=O)C3CC3)n(C(=O)C3CC3)c2c1)C1CC1. The van der Waals surface area contributed by atoms with Crippen molar-refractivity contribution in [2.75, 3.05) is 10.6 Å². The van der Waals surface area contributed by atoms with E-state index in [1.54, 1.807) is 9.13 Å². The largest absolute Gasteiger partial charge is 0.326 e. The first-order valence-corrected chi connectivity index (χ1v) is 16.3. The monoisotopic (exact) mass is 612 g/mol. The van der Waals surface area contributed by atoms with Crippen LogP contribution in [0.15, 0.2) is 60.7 Å². The molecule has 9 rings (SSSR count). The number of benzene rings is 3. The van der Waals surface area contributed by atoms with Crippen molar-refractivity contribution in [1.82, 2.24) is 19.1 Å². The van der Waals surface area contributed by atoms with E-state index in [1.165, 1.54) is 0 Å². The highest BCUT2D eigenvalue weighted by Gasteiger charge is 2.37. The summed E-state index contributed by atoms with van der Waals surface area (Å²) in [7, 11) is 0. The van der Waals surface area contributed by atoms with Gasteiger partial charge in [-0.3, -0.25) is 28.3 Å². The van der Waals surface area contributed by atoms with E-state index in [0.29, 0.717) is 56.2 Å². The fourth-order valence-corrected chi connectivity index (χ4v) is 6.19. The maximum atomic E-state index is 13.9. The van der Waals surface area contributed by atoms with Crippen LogP contribution in [0.5, 0.6) is 0 Å². The van der Waals surface area contributed by atoms with Crippen LogP contribution in [0.25, 0.3) is 44.8 Å². The quantitative estimate of drug-likeness (QED) is 0.205. The molecule has 46 heavy (non-hydrogen) atoms. The number of imidazole rings is 2. The molecule has 0 spiro atoms. The van der Waals surface area contributed by atoms with E-state index in [1.807, 2.05) is 60.7 Å². The zero-order valence-electron chi connectivity index (χ0n) is 25.2. The van der Waals surface area contributed by atoms with Gasteiger partial charge in [-0.15, -0.1) is 0 Å². The maximum Gasteiger partial charge on any atom is 0.235 e. The van der Waals surface area contributed by atoms with Gasteiger partial charge in [0.15, 0.2) is 0 Å². The normalized spacial score (nSPS) is 17.7. The molecule has 230 valence electrons. The lowest BCUT2D eigenvalue weighted by molar-refractivity contribution is -0.118. The van der Waals surface area contributed by atoms with E-state index in [-0.39, 0.29) is 47.3 Å². The van der Waals surface area contributed by atoms with Crippen LogP contribution in [0, 0.1) is 23.7 Å². The molecule has 0 atom stereocenters. The average Bonchev–Trinajstić information content (AvgIpc) is 3.85. The minimum absolute atomic E-state index is 0.000927. The smallest absolute Gasteiger partial charge is 0.235 e. The predicted molar refractivity (Wildman–Crippen MR) is 173 cm³/mol. The third kappa shape index (κ3) is 4.79. The topological polar surface area (TPSA) is 128 Å². The van der Waals surface area contributed by atoms with Gasteiger partial charge in [0, 0.05) is 46.2 Å². The number of carbonyl (C=O) groups excluding carboxylic acids is 4. The number of carbonyl (C=O) groups is 4. The number of hydrogen-bond donors (Lipinski definition) is 2. The van der Waals surface area contributed by atoms with Gasteiger partial charge in [-0.25, -0.2) is 9.97 Å². The minimum Gasteiger partial charge on any atom is -0.326 e. The van der Waals surface area contributed by atoms with Gasteiger partial charge in [0.1, 0.15) is 11.6 Å². The highest BCUT2D eigenvalue weighted by molar-refractivity contribution is 6.04. The summed E-state index contributed by atoms with van der Waals surface area (Å²) in [4.78, 5) is 62.8. The number of anilines is 2. The lowest BCUT2D eigenvalue weighted by Crippen LogP contribution is -2.16. The predicted octanol–water partition coefficient (Wildman–Crippen LogP) is 6.52. The van der Waals surface area contributed by atoms with Crippen molar-refractivity contribution >= 4 is 57.1 Å². The second-order valence-electron chi connectivity index (χ2n) is 13.2. The molecule has 2 N–H and O–H groups in total. The zero-order chi connectivity index (χ0) is 31.1. The number of aromatic nitrogens is 4. The van der Waals surface area contributed by atoms with Crippen molar-refractivity contribution in [2.45, 2.75) is 51.4 Å². The number of amides is 2. The molecule has 4 saturated carbocycles. The van der Waals surface area contributed by atoms with E-state index in [2.05, 4.69) is 10.6 Å². The van der Waals surface area contributed by atoms with Crippen LogP contribution in [0.2, 0.25) is 0 Å². The summed E-state index contributed by atoms with van der Waals surface area (Å²) in [6.07, 6.45) is 6.89. The highest BCUT2D eigenvalue weighted by atomic mass is 16.2. The van der Waals surface area contributed by atoms with Crippen molar-refractivity contribution in [3.8, 4) is 22.8 Å². The average molecular weight is 613 g/mol. The molecule has 2 heterocycles. The molecule has 0 bridgehead atoms. The summed E-state index contributed by atoms with van der Waals surface area (Å²) in [6, 6.07) is 18.6. The summed E-state index contributed by atoms with van der Waals surface area (Å²) >= 11 is 0. The van der Waals surface area contributed by atoms with Crippen LogP contribution in [0.1, 0.15) is 61.0 Å². The Labute approximate surface area is 264 Å². The summed E-state index contributed by atoms with van der Waals surface area (Å²) < 4.78 is 3.36. The van der Waals surface area contributed by atoms with Crippen LogP contribution in [0.4, 0.5) is 11.4 Å². The van der Waals surface area contributed by atoms with Gasteiger partial charge in [0.05, 0.1) is 22.1 Å². The Morgan fingerprint density at radius 1 is 0.543 bits per heavy atom. The summed E-state index contributed by atoms with van der Waals surface area (Å²) in [5.74, 6) is 0.826. The lowest BCUT2D eigenvalue weighted by atomic mass is 10.1. The molecule has 10 heteroatoms. The summed E-state index contributed by atoms with van der Waals surface area (Å²) in [5.41, 5.74) is 5.18. The first-order chi connectivity index (χ1) is 22.4. The molecule has 10 nitrogen and oxygen atoms in total. The zero-order valence-corrected chi connectivity index (χ0v) is 25.2. The van der Waals surface area contributed by atoms with Crippen LogP contribution in [0.3, 0.4) is 0 Å². The standard InChI is InChI=1S/C36H32N6O4/c43-33(19-5-6-19)37-23-13-15-27-29(17-23)41(35(45)21-9-10-21)31(39-27)25-3-1-2-4-26(25)32-40-28-16-14-24(38-34(44)20-7-8-20)18-30(28)42(32)36(46)22-11-12-22/h1-4,13-22H,5-12H2,(H,37,43)(H,38,44). The molecule has 0 saturated heterocycles. The van der Waals surface area contributed by atoms with Gasteiger partial charge >= 0.3 is 0 Å². The second kappa shape index (κ2) is 10.2. The minimum atomic E-state index is -0.0849. The Hall–Kier alpha value is -5.12. The van der Waals surface area contributed by atoms with Crippen molar-refractivity contribution in [3.63, 3.8) is 0 Å². The second-order valence-corrected chi connectivity index (χ2v) is 13.2. The van der Waals surface area contributed by atoms with Gasteiger partial charge in [-0.1, -0.05) is 24.3 Å². The van der Waals surface area contributed by atoms with Crippen molar-refractivity contribution in [3.05, 3.63) is 60.7 Å². The first kappa shape index (κ1) is 27.2. The van der Waals surface area contributed by atoms with Gasteiger partial charge < -0.3 is 10.6 Å². The number of nitrogens with zero attached hydrogens (tertiary/aromatic N) is 4. The molecule has 4 aliphatic carbocycles. The summed E-state index contributed by atoms with van der Waals surface area (Å²) in [6.45, 7) is 0. The Morgan fingerprint density at radius 3 is 1.30 bits per heavy atom. The summed E-state index contributed by atoms with van der Waals surface area (Å²) in [5, 5.41) is 6.00. The molecule has 3 aromatic carbocycles. The third-order valence-corrected chi connectivity index (χ3v) is 9.44. The lowest BCUT2D eigenvalue weighted by Gasteiger charge is -2.13. The molecule has 4 fully saturated rings. The molecule has 2 amide bonds. The number of fused-ring (bicyclic) bond motifs is 2. The van der Waals surface area contributed by atoms with E-state index < -0.39 is 0 Å². The molecule has 0 aliphatic heterocycles. The number of hydrogen-bond acceptors (Lipinski definition) is 6. The van der Waals surface area contributed by atoms with Gasteiger partial charge in [-0.05, 0) is 87.8 Å². The van der Waals surface area contributed by atoms with Crippen LogP contribution >= 0.6 is 0 Å². The molecule has 5 aromatic rings. The maximum absolute atomic E-state index is 13.9. The molecule has 0 unspecified atom stereocenters. The van der Waals surface area contributed by atoms with Crippen LogP contribution < -0.4 is 10.6 Å². The molecule has 4 aliphatic rings. The van der Waals surface area contributed by atoms with E-state index in [4.69, 9.17) is 9.97 Å². The van der Waals surface area contributed by atoms with Crippen LogP contribution in [-0.2, 0) is 9.59 Å². The Bertz CT molecular complexity index is 1980. The van der Waals surface area contributed by atoms with E-state index in [9.17, 15) is 19.2 Å². The number of rotatable bonds is 8.